The second-order valence-electron chi connectivity index (χ2n) is 18.4. The van der Waals surface area contributed by atoms with Crippen LogP contribution in [-0.4, -0.2) is 99.6 Å². The molecule has 0 aromatic carbocycles. The third kappa shape index (κ3) is 34.5. The molecule has 0 aromatic rings. The maximum absolute atomic E-state index is 13.3. The van der Waals surface area contributed by atoms with Crippen molar-refractivity contribution in [2.45, 2.75) is 243 Å². The van der Waals surface area contributed by atoms with Gasteiger partial charge in [-0.3, -0.25) is 9.59 Å². The van der Waals surface area contributed by atoms with Gasteiger partial charge in [0, 0.05) is 6.42 Å². The number of nitrogens with one attached hydrogen (secondary N) is 1. The van der Waals surface area contributed by atoms with E-state index in [0.717, 1.165) is 96.3 Å². The molecule has 11 nitrogen and oxygen atoms in total. The fourth-order valence-electron chi connectivity index (χ4n) is 7.84. The number of aliphatic hydroxyl groups is 5. The van der Waals surface area contributed by atoms with Crippen molar-refractivity contribution in [2.75, 3.05) is 13.2 Å². The minimum Gasteiger partial charge on any atom is -0.454 e. The van der Waals surface area contributed by atoms with E-state index in [1.807, 2.05) is 54.7 Å². The van der Waals surface area contributed by atoms with Gasteiger partial charge in [-0.05, 0) is 64.2 Å². The van der Waals surface area contributed by atoms with Crippen LogP contribution < -0.4 is 5.32 Å². The molecule has 0 aliphatic carbocycles. The quantitative estimate of drug-likeness (QED) is 0.0149. The number of carbonyl (C=O) groups excluding carboxylic acids is 2. The van der Waals surface area contributed by atoms with Gasteiger partial charge in [0.15, 0.2) is 12.4 Å². The van der Waals surface area contributed by atoms with E-state index >= 15 is 0 Å². The van der Waals surface area contributed by atoms with Gasteiger partial charge in [0.1, 0.15) is 24.4 Å². The average molecular weight is 968 g/mol. The van der Waals surface area contributed by atoms with Gasteiger partial charge in [-0.25, -0.2) is 0 Å². The first-order valence-corrected chi connectivity index (χ1v) is 27.1. The summed E-state index contributed by atoms with van der Waals surface area (Å²) in [5, 5.41) is 56.7. The second-order valence-corrected chi connectivity index (χ2v) is 18.4. The van der Waals surface area contributed by atoms with Crippen molar-refractivity contribution < 1.29 is 49.3 Å². The SMILES string of the molecule is CC/C=C/C=C/C=C\C=C/CCCCCC(=O)OC1C(OCC(NC(=O)C(O)CCCCCCCC/C=C/C=C/C=C/CC)C(O)/C=C/CCCCCCCCCCCCC)OC(CO)C(O)C1O. The van der Waals surface area contributed by atoms with Gasteiger partial charge in [-0.1, -0.05) is 221 Å². The van der Waals surface area contributed by atoms with Crippen LogP contribution in [0, 0.1) is 0 Å². The highest BCUT2D eigenvalue weighted by atomic mass is 16.7. The molecule has 1 fully saturated rings. The molecule has 11 heteroatoms. The molecule has 1 aliphatic heterocycles. The van der Waals surface area contributed by atoms with Crippen molar-refractivity contribution in [1.82, 2.24) is 5.32 Å². The van der Waals surface area contributed by atoms with Crippen molar-refractivity contribution in [3.05, 3.63) is 97.2 Å². The zero-order chi connectivity index (χ0) is 50.4. The maximum atomic E-state index is 13.3. The number of hydrogen-bond acceptors (Lipinski definition) is 10. The fraction of sp³-hybridized carbons (Fsp3) is 0.690. The Kier molecular flexibility index (Phi) is 42.1. The summed E-state index contributed by atoms with van der Waals surface area (Å²) in [5.41, 5.74) is 0. The second kappa shape index (κ2) is 45.7. The van der Waals surface area contributed by atoms with Crippen LogP contribution in [0.4, 0.5) is 0 Å². The molecule has 1 aliphatic rings. The summed E-state index contributed by atoms with van der Waals surface area (Å²) in [4.78, 5) is 26.4. The molecular formula is C58H97NO10. The van der Waals surface area contributed by atoms with E-state index in [0.29, 0.717) is 12.8 Å². The molecule has 0 saturated carbocycles. The molecule has 1 heterocycles. The van der Waals surface area contributed by atoms with Crippen molar-refractivity contribution >= 4 is 11.9 Å². The average Bonchev–Trinajstić information content (AvgIpc) is 3.34. The third-order valence-corrected chi connectivity index (χ3v) is 12.1. The fourth-order valence-corrected chi connectivity index (χ4v) is 7.84. The van der Waals surface area contributed by atoms with Crippen LogP contribution in [0.1, 0.15) is 194 Å². The number of esters is 1. The molecule has 394 valence electrons. The van der Waals surface area contributed by atoms with Crippen LogP contribution in [0.2, 0.25) is 0 Å². The molecule has 69 heavy (non-hydrogen) atoms. The molecule has 1 saturated heterocycles. The van der Waals surface area contributed by atoms with E-state index < -0.39 is 67.4 Å². The number of amides is 1. The Morgan fingerprint density at radius 1 is 0.580 bits per heavy atom. The van der Waals surface area contributed by atoms with Gasteiger partial charge < -0.3 is 45.1 Å². The van der Waals surface area contributed by atoms with E-state index in [4.69, 9.17) is 14.2 Å². The van der Waals surface area contributed by atoms with Gasteiger partial charge in [0.2, 0.25) is 5.91 Å². The normalized spacial score (nSPS) is 20.6. The lowest BCUT2D eigenvalue weighted by Gasteiger charge is -2.41. The number of carbonyl (C=O) groups is 2. The molecule has 1 rings (SSSR count). The standard InChI is InChI=1S/C58H97NO10/c1-4-7-10-13-16-19-22-25-28-30-33-36-39-42-45-51(62)57(66)59-49(50(61)44-41-38-35-32-29-26-23-20-17-14-11-8-5-2)48-67-58-56(55(65)54(64)52(47-60)68-58)69-53(63)46-43-40-37-34-31-27-24-21-18-15-12-9-6-3/h7,9-10,12-13,15-16,18-19,21-22,24,27,31,41,44,49-52,54-56,58,60-62,64-65H,4-6,8,11,14,17,20,23,25-26,28-30,32-40,42-43,45-48H2,1-3H3,(H,59,66)/b10-7+,12-9+,16-13+,18-15+,22-19+,24-21-,31-27-,44-41+. The summed E-state index contributed by atoms with van der Waals surface area (Å²) in [6.45, 7) is 5.45. The highest BCUT2D eigenvalue weighted by Crippen LogP contribution is 2.26. The highest BCUT2D eigenvalue weighted by molar-refractivity contribution is 5.80. The molecule has 6 N–H and O–H groups in total. The van der Waals surface area contributed by atoms with Crippen molar-refractivity contribution in [3.8, 4) is 0 Å². The zero-order valence-corrected chi connectivity index (χ0v) is 43.1. The summed E-state index contributed by atoms with van der Waals surface area (Å²) >= 11 is 0. The highest BCUT2D eigenvalue weighted by Gasteiger charge is 2.47. The summed E-state index contributed by atoms with van der Waals surface area (Å²) in [6, 6.07) is -1.04. The van der Waals surface area contributed by atoms with Crippen LogP contribution in [-0.2, 0) is 23.8 Å². The number of rotatable bonds is 43. The van der Waals surface area contributed by atoms with Crippen molar-refractivity contribution in [2.24, 2.45) is 0 Å². The Balaban J connectivity index is 2.81. The maximum Gasteiger partial charge on any atom is 0.306 e. The third-order valence-electron chi connectivity index (χ3n) is 12.1. The number of aliphatic hydroxyl groups excluding tert-OH is 5. The minimum atomic E-state index is -1.64. The Morgan fingerprint density at radius 2 is 1.04 bits per heavy atom. The first-order valence-electron chi connectivity index (χ1n) is 27.1. The van der Waals surface area contributed by atoms with Crippen LogP contribution in [0.3, 0.4) is 0 Å². The smallest absolute Gasteiger partial charge is 0.306 e. The lowest BCUT2D eigenvalue weighted by molar-refractivity contribution is -0.305. The van der Waals surface area contributed by atoms with Crippen molar-refractivity contribution in [3.63, 3.8) is 0 Å². The summed E-state index contributed by atoms with van der Waals surface area (Å²) in [7, 11) is 0. The van der Waals surface area contributed by atoms with Crippen LogP contribution >= 0.6 is 0 Å². The first kappa shape index (κ1) is 63.6. The van der Waals surface area contributed by atoms with Gasteiger partial charge in [0.25, 0.3) is 0 Å². The van der Waals surface area contributed by atoms with Gasteiger partial charge in [-0.2, -0.15) is 0 Å². The van der Waals surface area contributed by atoms with Crippen LogP contribution in [0.5, 0.6) is 0 Å². The van der Waals surface area contributed by atoms with E-state index in [9.17, 15) is 35.1 Å². The molecule has 8 atom stereocenters. The number of ether oxygens (including phenoxy) is 3. The van der Waals surface area contributed by atoms with Gasteiger partial charge in [-0.15, -0.1) is 0 Å². The molecule has 0 spiro atoms. The number of allylic oxidation sites excluding steroid dienone is 15. The molecule has 0 radical (unpaired) electrons. The van der Waals surface area contributed by atoms with Crippen LogP contribution in [0.25, 0.3) is 0 Å². The van der Waals surface area contributed by atoms with Crippen molar-refractivity contribution in [1.29, 1.82) is 0 Å². The lowest BCUT2D eigenvalue weighted by atomic mass is 9.99. The van der Waals surface area contributed by atoms with E-state index in [1.165, 1.54) is 51.4 Å². The Hall–Kier alpha value is -3.42. The topological polar surface area (TPSA) is 175 Å². The molecular weight excluding hydrogens is 871 g/mol. The van der Waals surface area contributed by atoms with Crippen LogP contribution in [0.15, 0.2) is 97.2 Å². The Bertz CT molecular complexity index is 1480. The van der Waals surface area contributed by atoms with E-state index in [-0.39, 0.29) is 19.4 Å². The predicted molar refractivity (Wildman–Crippen MR) is 282 cm³/mol. The molecule has 1 amide bonds. The molecule has 0 aromatic heterocycles. The summed E-state index contributed by atoms with van der Waals surface area (Å²) in [5.74, 6) is -1.26. The number of unbranched alkanes of at least 4 members (excludes halogenated alkanes) is 20. The largest absolute Gasteiger partial charge is 0.454 e. The molecule has 8 unspecified atom stereocenters. The first-order chi connectivity index (χ1) is 33.7. The Labute approximate surface area is 418 Å². The van der Waals surface area contributed by atoms with Gasteiger partial charge >= 0.3 is 5.97 Å². The lowest BCUT2D eigenvalue weighted by Crippen LogP contribution is -2.61. The number of hydrogen-bond donors (Lipinski definition) is 6. The van der Waals surface area contributed by atoms with E-state index in [2.05, 4.69) is 62.5 Å². The predicted octanol–water partition coefficient (Wildman–Crippen LogP) is 11.6. The summed E-state index contributed by atoms with van der Waals surface area (Å²) < 4.78 is 17.5. The minimum absolute atomic E-state index is 0.0710. The van der Waals surface area contributed by atoms with E-state index in [1.54, 1.807) is 6.08 Å². The molecule has 0 bridgehead atoms. The monoisotopic (exact) mass is 968 g/mol. The zero-order valence-electron chi connectivity index (χ0n) is 43.1. The Morgan fingerprint density at radius 3 is 1.57 bits per heavy atom. The summed E-state index contributed by atoms with van der Waals surface area (Å²) in [6.07, 6.45) is 48.8. The van der Waals surface area contributed by atoms with Gasteiger partial charge in [0.05, 0.1) is 25.4 Å².